The molecular weight excluding hydrogens is 382 g/mol. The summed E-state index contributed by atoms with van der Waals surface area (Å²) in [6.45, 7) is 1.60. The molecule has 0 saturated heterocycles. The van der Waals surface area contributed by atoms with E-state index < -0.39 is 5.97 Å². The van der Waals surface area contributed by atoms with Gasteiger partial charge in [0.25, 0.3) is 5.97 Å². The van der Waals surface area contributed by atoms with Gasteiger partial charge in [-0.05, 0) is 30.8 Å². The molecule has 11 heteroatoms. The number of aromatic nitrogens is 6. The van der Waals surface area contributed by atoms with Crippen molar-refractivity contribution in [2.24, 2.45) is 12.8 Å². The minimum absolute atomic E-state index is 0.516. The second-order valence-electron chi connectivity index (χ2n) is 5.64. The molecule has 2 aromatic heterocycles. The van der Waals surface area contributed by atoms with E-state index in [0.29, 0.717) is 18.7 Å². The predicted octanol–water partition coefficient (Wildman–Crippen LogP) is 1.29. The number of nitrogens with two attached hydrogens (primary N) is 1. The van der Waals surface area contributed by atoms with Crippen molar-refractivity contribution in [2.45, 2.75) is 24.3 Å². The lowest BCUT2D eigenvalue weighted by Gasteiger charge is -2.10. The highest BCUT2D eigenvalue weighted by Gasteiger charge is 2.15. The molecule has 10 nitrogen and oxygen atoms in total. The van der Waals surface area contributed by atoms with Crippen LogP contribution >= 0.6 is 11.8 Å². The van der Waals surface area contributed by atoms with Crippen LogP contribution in [-0.2, 0) is 24.0 Å². The zero-order chi connectivity index (χ0) is 20.5. The third-order valence-corrected chi connectivity index (χ3v) is 4.46. The number of nitrogens with zero attached hydrogens (tertiary/aromatic N) is 6. The molecule has 0 spiro atoms. The van der Waals surface area contributed by atoms with Crippen LogP contribution in [0.3, 0.4) is 0 Å². The summed E-state index contributed by atoms with van der Waals surface area (Å²) >= 11 is 1.56. The van der Waals surface area contributed by atoms with Gasteiger partial charge in [-0.25, -0.2) is 0 Å². The SMILES string of the molecule is CC(=O)O.COc1ccc(-n2c(CCN)nnc2SCc2nncn2C)cc1. The molecule has 0 atom stereocenters. The van der Waals surface area contributed by atoms with E-state index in [1.54, 1.807) is 25.2 Å². The van der Waals surface area contributed by atoms with E-state index in [1.165, 1.54) is 0 Å². The number of carboxylic acid groups (broad SMARTS) is 1. The molecule has 0 saturated carbocycles. The molecule has 0 aliphatic carbocycles. The van der Waals surface area contributed by atoms with E-state index in [0.717, 1.165) is 35.2 Å². The van der Waals surface area contributed by atoms with E-state index in [-0.39, 0.29) is 0 Å². The standard InChI is InChI=1S/C15H19N7OS.C2H4O2/c1-21-10-17-18-14(21)9-24-15-20-19-13(7-8-16)22(15)11-3-5-12(23-2)6-4-11;1-2(3)4/h3-6,10H,7-9,16H2,1-2H3;1H3,(H,3,4). The van der Waals surface area contributed by atoms with Crippen LogP contribution in [0, 0.1) is 0 Å². The van der Waals surface area contributed by atoms with Crippen molar-refractivity contribution in [1.29, 1.82) is 0 Å². The average Bonchev–Trinajstić information content (AvgIpc) is 3.26. The Bertz CT molecular complexity index is 889. The number of thioether (sulfide) groups is 1. The minimum atomic E-state index is -0.833. The Balaban J connectivity index is 0.000000640. The van der Waals surface area contributed by atoms with Crippen molar-refractivity contribution in [3.63, 3.8) is 0 Å². The number of ether oxygens (including phenoxy) is 1. The zero-order valence-corrected chi connectivity index (χ0v) is 16.8. The van der Waals surface area contributed by atoms with Crippen molar-refractivity contribution in [3.05, 3.63) is 42.2 Å². The highest BCUT2D eigenvalue weighted by atomic mass is 32.2. The van der Waals surface area contributed by atoms with Gasteiger partial charge in [-0.2, -0.15) is 0 Å². The Morgan fingerprint density at radius 1 is 1.21 bits per heavy atom. The first kappa shape index (κ1) is 21.4. The molecule has 1 aromatic carbocycles. The number of benzene rings is 1. The maximum atomic E-state index is 9.00. The summed E-state index contributed by atoms with van der Waals surface area (Å²) in [5.74, 6) is 2.35. The molecule has 0 amide bonds. The maximum Gasteiger partial charge on any atom is 0.300 e. The lowest BCUT2D eigenvalue weighted by Crippen LogP contribution is -2.09. The number of hydrogen-bond acceptors (Lipinski definition) is 8. The van der Waals surface area contributed by atoms with Crippen LogP contribution in [0.2, 0.25) is 0 Å². The molecule has 3 rings (SSSR count). The van der Waals surface area contributed by atoms with Gasteiger partial charge in [-0.1, -0.05) is 11.8 Å². The lowest BCUT2D eigenvalue weighted by atomic mass is 10.3. The Hall–Kier alpha value is -2.92. The molecule has 0 bridgehead atoms. The molecule has 0 fully saturated rings. The number of methoxy groups -OCH3 is 1. The summed E-state index contributed by atoms with van der Waals surface area (Å²) in [4.78, 5) is 9.00. The molecule has 0 aliphatic rings. The molecule has 2 heterocycles. The van der Waals surface area contributed by atoms with Gasteiger partial charge in [0.05, 0.1) is 12.9 Å². The summed E-state index contributed by atoms with van der Waals surface area (Å²) in [5, 5.41) is 24.8. The van der Waals surface area contributed by atoms with Gasteiger partial charge in [0.2, 0.25) is 0 Å². The van der Waals surface area contributed by atoms with Crippen molar-refractivity contribution >= 4 is 17.7 Å². The second-order valence-corrected chi connectivity index (χ2v) is 6.58. The zero-order valence-electron chi connectivity index (χ0n) is 15.9. The topological polar surface area (TPSA) is 134 Å². The van der Waals surface area contributed by atoms with Crippen molar-refractivity contribution in [3.8, 4) is 11.4 Å². The number of carboxylic acids is 1. The third kappa shape index (κ3) is 5.79. The van der Waals surface area contributed by atoms with Gasteiger partial charge in [0, 0.05) is 26.1 Å². The fourth-order valence-corrected chi connectivity index (χ4v) is 3.20. The van der Waals surface area contributed by atoms with Crippen molar-refractivity contribution < 1.29 is 14.6 Å². The van der Waals surface area contributed by atoms with Crippen LogP contribution < -0.4 is 10.5 Å². The third-order valence-electron chi connectivity index (χ3n) is 3.53. The lowest BCUT2D eigenvalue weighted by molar-refractivity contribution is -0.134. The van der Waals surface area contributed by atoms with Gasteiger partial charge in [0.1, 0.15) is 23.7 Å². The van der Waals surface area contributed by atoms with Gasteiger partial charge in [0.15, 0.2) is 5.16 Å². The molecule has 28 heavy (non-hydrogen) atoms. The molecule has 0 aliphatic heterocycles. The van der Waals surface area contributed by atoms with E-state index >= 15 is 0 Å². The molecule has 150 valence electrons. The van der Waals surface area contributed by atoms with Crippen LogP contribution in [-0.4, -0.2) is 54.3 Å². The van der Waals surface area contributed by atoms with Gasteiger partial charge in [-0.3, -0.25) is 9.36 Å². The summed E-state index contributed by atoms with van der Waals surface area (Å²) in [5.41, 5.74) is 6.68. The molecule has 0 unspecified atom stereocenters. The number of carbonyl (C=O) groups is 1. The molecule has 3 N–H and O–H groups in total. The van der Waals surface area contributed by atoms with E-state index in [2.05, 4.69) is 20.4 Å². The summed E-state index contributed by atoms with van der Waals surface area (Å²) in [6, 6.07) is 7.79. The Morgan fingerprint density at radius 2 is 1.89 bits per heavy atom. The smallest absolute Gasteiger partial charge is 0.300 e. The first-order valence-corrected chi connectivity index (χ1v) is 9.38. The number of hydrogen-bond donors (Lipinski definition) is 2. The van der Waals surface area contributed by atoms with E-state index in [1.807, 2.05) is 40.4 Å². The van der Waals surface area contributed by atoms with Crippen molar-refractivity contribution in [2.75, 3.05) is 13.7 Å². The van der Waals surface area contributed by atoms with Crippen LogP contribution in [0.5, 0.6) is 5.75 Å². The Labute approximate surface area is 166 Å². The fourth-order valence-electron chi connectivity index (χ4n) is 2.24. The van der Waals surface area contributed by atoms with E-state index in [4.69, 9.17) is 20.4 Å². The van der Waals surface area contributed by atoms with E-state index in [9.17, 15) is 0 Å². The summed E-state index contributed by atoms with van der Waals surface area (Å²) < 4.78 is 9.13. The quantitative estimate of drug-likeness (QED) is 0.557. The first-order valence-electron chi connectivity index (χ1n) is 8.40. The fraction of sp³-hybridized carbons (Fsp3) is 0.353. The molecular formula is C17H23N7O3S. The van der Waals surface area contributed by atoms with Crippen LogP contribution in [0.1, 0.15) is 18.6 Å². The van der Waals surface area contributed by atoms with Gasteiger partial charge in [-0.15, -0.1) is 20.4 Å². The van der Waals surface area contributed by atoms with Gasteiger partial charge >= 0.3 is 0 Å². The van der Waals surface area contributed by atoms with Crippen molar-refractivity contribution in [1.82, 2.24) is 29.5 Å². The highest BCUT2D eigenvalue weighted by molar-refractivity contribution is 7.98. The van der Waals surface area contributed by atoms with Crippen LogP contribution in [0.25, 0.3) is 5.69 Å². The largest absolute Gasteiger partial charge is 0.497 e. The predicted molar refractivity (Wildman–Crippen MR) is 105 cm³/mol. The van der Waals surface area contributed by atoms with Crippen LogP contribution in [0.15, 0.2) is 35.7 Å². The average molecular weight is 405 g/mol. The summed E-state index contributed by atoms with van der Waals surface area (Å²) in [6.07, 6.45) is 2.34. The monoisotopic (exact) mass is 405 g/mol. The second kappa shape index (κ2) is 10.4. The van der Waals surface area contributed by atoms with Crippen LogP contribution in [0.4, 0.5) is 0 Å². The summed E-state index contributed by atoms with van der Waals surface area (Å²) in [7, 11) is 3.57. The Kier molecular flexibility index (Phi) is 7.96. The number of rotatable bonds is 7. The first-order chi connectivity index (χ1) is 13.5. The van der Waals surface area contributed by atoms with Gasteiger partial charge < -0.3 is 20.1 Å². The maximum absolute atomic E-state index is 9.00. The minimum Gasteiger partial charge on any atom is -0.497 e. The normalized spacial score (nSPS) is 10.3. The Morgan fingerprint density at radius 3 is 2.43 bits per heavy atom. The number of aryl methyl sites for hydroxylation is 1. The molecule has 0 radical (unpaired) electrons. The molecule has 3 aromatic rings. The number of aliphatic carboxylic acids is 1. The highest BCUT2D eigenvalue weighted by Crippen LogP contribution is 2.25.